The Bertz CT molecular complexity index is 474. The van der Waals surface area contributed by atoms with Crippen LogP contribution in [0.5, 0.6) is 0 Å². The first-order valence-electron chi connectivity index (χ1n) is 6.88. The molecule has 0 aliphatic carbocycles. The molecule has 0 aromatic heterocycles. The summed E-state index contributed by atoms with van der Waals surface area (Å²) in [5.41, 5.74) is 1.60. The fourth-order valence-corrected chi connectivity index (χ4v) is 1.66. The van der Waals surface area contributed by atoms with Gasteiger partial charge in [-0.15, -0.1) is 0 Å². The Labute approximate surface area is 125 Å². The van der Waals surface area contributed by atoms with Gasteiger partial charge >= 0.3 is 5.97 Å². The Morgan fingerprint density at radius 1 is 1.14 bits per heavy atom. The lowest BCUT2D eigenvalue weighted by Crippen LogP contribution is -2.31. The summed E-state index contributed by atoms with van der Waals surface area (Å²) in [7, 11) is 1.55. The normalized spacial score (nSPS) is 11.0. The third-order valence-electron chi connectivity index (χ3n) is 2.95. The summed E-state index contributed by atoms with van der Waals surface area (Å²) in [5, 5.41) is 2.58. The molecule has 0 aliphatic heterocycles. The Kier molecular flexibility index (Phi) is 6.37. The van der Waals surface area contributed by atoms with Crippen molar-refractivity contribution in [2.24, 2.45) is 0 Å². The standard InChI is InChI=1S/C16H23NO4/c1-16(2,3)13-7-5-12(6-8-13)15(19)21-11-14(18)17-9-10-20-4/h5-8H,9-11H2,1-4H3,(H,17,18). The first-order valence-corrected chi connectivity index (χ1v) is 6.88. The lowest BCUT2D eigenvalue weighted by Gasteiger charge is -2.18. The Morgan fingerprint density at radius 3 is 2.29 bits per heavy atom. The van der Waals surface area contributed by atoms with E-state index < -0.39 is 5.97 Å². The molecule has 1 N–H and O–H groups in total. The number of esters is 1. The monoisotopic (exact) mass is 293 g/mol. The summed E-state index contributed by atoms with van der Waals surface area (Å²) in [6.45, 7) is 6.84. The molecule has 1 rings (SSSR count). The van der Waals surface area contributed by atoms with E-state index in [2.05, 4.69) is 26.1 Å². The molecule has 1 aromatic carbocycles. The van der Waals surface area contributed by atoms with Crippen molar-refractivity contribution in [3.8, 4) is 0 Å². The molecular weight excluding hydrogens is 270 g/mol. The number of rotatable bonds is 6. The molecule has 0 heterocycles. The van der Waals surface area contributed by atoms with Crippen molar-refractivity contribution in [1.29, 1.82) is 0 Å². The molecule has 0 spiro atoms. The number of benzene rings is 1. The minimum atomic E-state index is -0.502. The minimum absolute atomic E-state index is 0.0314. The van der Waals surface area contributed by atoms with E-state index in [0.717, 1.165) is 5.56 Å². The lowest BCUT2D eigenvalue weighted by atomic mass is 9.87. The van der Waals surface area contributed by atoms with Crippen LogP contribution in [0, 0.1) is 0 Å². The van der Waals surface area contributed by atoms with E-state index >= 15 is 0 Å². The van der Waals surface area contributed by atoms with Gasteiger partial charge in [0, 0.05) is 13.7 Å². The van der Waals surface area contributed by atoms with Crippen molar-refractivity contribution >= 4 is 11.9 Å². The second-order valence-electron chi connectivity index (χ2n) is 5.75. The summed E-state index contributed by atoms with van der Waals surface area (Å²) < 4.78 is 9.76. The van der Waals surface area contributed by atoms with Crippen molar-refractivity contribution in [3.63, 3.8) is 0 Å². The van der Waals surface area contributed by atoms with Gasteiger partial charge in [-0.1, -0.05) is 32.9 Å². The summed E-state index contributed by atoms with van der Waals surface area (Å²) in [5.74, 6) is -0.843. The van der Waals surface area contributed by atoms with Crippen LogP contribution in [-0.4, -0.2) is 38.7 Å². The molecule has 5 nitrogen and oxygen atoms in total. The molecule has 1 aromatic rings. The smallest absolute Gasteiger partial charge is 0.338 e. The van der Waals surface area contributed by atoms with Crippen LogP contribution in [0.3, 0.4) is 0 Å². The van der Waals surface area contributed by atoms with E-state index in [0.29, 0.717) is 18.7 Å². The van der Waals surface area contributed by atoms with E-state index in [-0.39, 0.29) is 17.9 Å². The summed E-state index contributed by atoms with van der Waals surface area (Å²) in [6, 6.07) is 7.22. The maximum absolute atomic E-state index is 11.8. The van der Waals surface area contributed by atoms with E-state index in [4.69, 9.17) is 9.47 Å². The van der Waals surface area contributed by atoms with Gasteiger partial charge in [-0.3, -0.25) is 4.79 Å². The van der Waals surface area contributed by atoms with Crippen LogP contribution in [0.1, 0.15) is 36.7 Å². The molecule has 0 fully saturated rings. The number of amides is 1. The second-order valence-corrected chi connectivity index (χ2v) is 5.75. The molecule has 1 amide bonds. The van der Waals surface area contributed by atoms with Crippen molar-refractivity contribution in [1.82, 2.24) is 5.32 Å². The number of ether oxygens (including phenoxy) is 2. The first-order chi connectivity index (χ1) is 9.84. The third kappa shape index (κ3) is 5.95. The first kappa shape index (κ1) is 17.2. The van der Waals surface area contributed by atoms with E-state index in [1.807, 2.05) is 12.1 Å². The zero-order valence-electron chi connectivity index (χ0n) is 13.1. The largest absolute Gasteiger partial charge is 0.452 e. The molecule has 116 valence electrons. The van der Waals surface area contributed by atoms with Gasteiger partial charge in [0.2, 0.25) is 0 Å². The number of carbonyl (C=O) groups excluding carboxylic acids is 2. The molecule has 5 heteroatoms. The number of nitrogens with one attached hydrogen (secondary N) is 1. The zero-order chi connectivity index (χ0) is 15.9. The van der Waals surface area contributed by atoms with Crippen LogP contribution in [0.2, 0.25) is 0 Å². The van der Waals surface area contributed by atoms with Gasteiger partial charge in [0.1, 0.15) is 0 Å². The van der Waals surface area contributed by atoms with Crippen LogP contribution in [-0.2, 0) is 19.7 Å². The average molecular weight is 293 g/mol. The van der Waals surface area contributed by atoms with Crippen LogP contribution < -0.4 is 5.32 Å². The quantitative estimate of drug-likeness (QED) is 0.643. The summed E-state index contributed by atoms with van der Waals surface area (Å²) in [4.78, 5) is 23.2. The molecule has 0 saturated heterocycles. The van der Waals surface area contributed by atoms with Crippen LogP contribution in [0.25, 0.3) is 0 Å². The van der Waals surface area contributed by atoms with E-state index in [1.54, 1.807) is 19.2 Å². The van der Waals surface area contributed by atoms with Gasteiger partial charge in [-0.2, -0.15) is 0 Å². The van der Waals surface area contributed by atoms with Gasteiger partial charge in [0.05, 0.1) is 12.2 Å². The van der Waals surface area contributed by atoms with E-state index in [9.17, 15) is 9.59 Å². The lowest BCUT2D eigenvalue weighted by molar-refractivity contribution is -0.124. The van der Waals surface area contributed by atoms with Crippen molar-refractivity contribution < 1.29 is 19.1 Å². The highest BCUT2D eigenvalue weighted by atomic mass is 16.5. The number of hydrogen-bond donors (Lipinski definition) is 1. The number of hydrogen-bond acceptors (Lipinski definition) is 4. The molecule has 0 atom stereocenters. The maximum atomic E-state index is 11.8. The Morgan fingerprint density at radius 2 is 1.76 bits per heavy atom. The molecule has 0 bridgehead atoms. The van der Waals surface area contributed by atoms with Crippen LogP contribution >= 0.6 is 0 Å². The van der Waals surface area contributed by atoms with Gasteiger partial charge in [-0.05, 0) is 23.1 Å². The highest BCUT2D eigenvalue weighted by Crippen LogP contribution is 2.22. The summed E-state index contributed by atoms with van der Waals surface area (Å²) in [6.07, 6.45) is 0. The SMILES string of the molecule is COCCNC(=O)COC(=O)c1ccc(C(C)(C)C)cc1. The van der Waals surface area contributed by atoms with Gasteiger partial charge in [-0.25, -0.2) is 4.79 Å². The van der Waals surface area contributed by atoms with Gasteiger partial charge in [0.15, 0.2) is 6.61 Å². The Balaban J connectivity index is 2.47. The maximum Gasteiger partial charge on any atom is 0.338 e. The fourth-order valence-electron chi connectivity index (χ4n) is 1.66. The fraction of sp³-hybridized carbons (Fsp3) is 0.500. The van der Waals surface area contributed by atoms with Gasteiger partial charge in [0.25, 0.3) is 5.91 Å². The van der Waals surface area contributed by atoms with Crippen molar-refractivity contribution in [3.05, 3.63) is 35.4 Å². The molecule has 0 unspecified atom stereocenters. The molecule has 0 aliphatic rings. The van der Waals surface area contributed by atoms with Crippen LogP contribution in [0.15, 0.2) is 24.3 Å². The predicted molar refractivity (Wildman–Crippen MR) is 80.3 cm³/mol. The molecule has 0 saturated carbocycles. The summed E-state index contributed by atoms with van der Waals surface area (Å²) >= 11 is 0. The minimum Gasteiger partial charge on any atom is -0.452 e. The molecule has 21 heavy (non-hydrogen) atoms. The number of carbonyl (C=O) groups is 2. The molecule has 0 radical (unpaired) electrons. The third-order valence-corrected chi connectivity index (χ3v) is 2.95. The van der Waals surface area contributed by atoms with Crippen LogP contribution in [0.4, 0.5) is 0 Å². The number of methoxy groups -OCH3 is 1. The zero-order valence-corrected chi connectivity index (χ0v) is 13.1. The second kappa shape index (κ2) is 7.78. The Hall–Kier alpha value is -1.88. The van der Waals surface area contributed by atoms with Gasteiger partial charge < -0.3 is 14.8 Å². The van der Waals surface area contributed by atoms with Crippen molar-refractivity contribution in [2.75, 3.05) is 26.9 Å². The highest BCUT2D eigenvalue weighted by Gasteiger charge is 2.15. The average Bonchev–Trinajstić information content (AvgIpc) is 2.44. The predicted octanol–water partition coefficient (Wildman–Crippen LogP) is 1.90. The topological polar surface area (TPSA) is 64.6 Å². The van der Waals surface area contributed by atoms with Crippen molar-refractivity contribution in [2.45, 2.75) is 26.2 Å². The highest BCUT2D eigenvalue weighted by molar-refractivity contribution is 5.91. The molecular formula is C16H23NO4. The van der Waals surface area contributed by atoms with E-state index in [1.165, 1.54) is 0 Å².